The molecule has 0 spiro atoms. The summed E-state index contributed by atoms with van der Waals surface area (Å²) in [6.45, 7) is 2.24. The average Bonchev–Trinajstić information content (AvgIpc) is 2.42. The molecule has 0 amide bonds. The van der Waals surface area contributed by atoms with Crippen molar-refractivity contribution in [2.75, 3.05) is 0 Å². The highest BCUT2D eigenvalue weighted by Gasteiger charge is 2.18. The van der Waals surface area contributed by atoms with Crippen LogP contribution >= 0.6 is 0 Å². The lowest BCUT2D eigenvalue weighted by Gasteiger charge is -2.06. The van der Waals surface area contributed by atoms with Gasteiger partial charge in [-0.2, -0.15) is 8.42 Å². The molecule has 0 radical (unpaired) electrons. The second kappa shape index (κ2) is 13.5. The molecule has 0 fully saturated rings. The Morgan fingerprint density at radius 3 is 1.38 bits per heavy atom. The second-order valence-corrected chi connectivity index (χ2v) is 7.58. The summed E-state index contributed by atoms with van der Waals surface area (Å²) in [6, 6.07) is 0. The summed E-state index contributed by atoms with van der Waals surface area (Å²) in [5.74, 6) is 0. The second-order valence-electron chi connectivity index (χ2n) is 6.00. The minimum atomic E-state index is -4.26. The van der Waals surface area contributed by atoms with Gasteiger partial charge >= 0.3 is 0 Å². The number of rotatable bonds is 15. The number of hydrogen-bond donors (Lipinski definition) is 2. The van der Waals surface area contributed by atoms with Crippen LogP contribution in [0.4, 0.5) is 0 Å². The lowest BCUT2D eigenvalue weighted by atomic mass is 10.0. The van der Waals surface area contributed by atoms with E-state index in [4.69, 9.17) is 9.66 Å². The molecule has 0 bridgehead atoms. The number of unbranched alkanes of at least 4 members (excludes halogenated alkanes) is 12. The number of hydrogen-bond acceptors (Lipinski definition) is 3. The van der Waals surface area contributed by atoms with E-state index in [0.717, 1.165) is 12.8 Å². The van der Waals surface area contributed by atoms with E-state index in [1.165, 1.54) is 64.2 Å². The highest BCUT2D eigenvalue weighted by Crippen LogP contribution is 2.14. The van der Waals surface area contributed by atoms with Gasteiger partial charge < -0.3 is 5.11 Å². The first kappa shape index (κ1) is 20.9. The molecule has 0 aliphatic rings. The third-order valence-corrected chi connectivity index (χ3v) is 4.82. The van der Waals surface area contributed by atoms with E-state index < -0.39 is 15.6 Å². The maximum absolute atomic E-state index is 10.6. The normalized spacial score (nSPS) is 13.5. The van der Waals surface area contributed by atoms with Crippen molar-refractivity contribution in [3.8, 4) is 0 Å². The highest BCUT2D eigenvalue weighted by molar-refractivity contribution is 7.86. The molecule has 0 aliphatic carbocycles. The van der Waals surface area contributed by atoms with Crippen molar-refractivity contribution in [1.29, 1.82) is 0 Å². The summed E-state index contributed by atoms with van der Waals surface area (Å²) >= 11 is 0. The van der Waals surface area contributed by atoms with Gasteiger partial charge in [-0.25, -0.2) is 0 Å². The Morgan fingerprint density at radius 1 is 0.714 bits per heavy atom. The van der Waals surface area contributed by atoms with Gasteiger partial charge in [0.1, 0.15) is 0 Å². The third-order valence-electron chi connectivity index (χ3n) is 3.90. The molecule has 0 saturated heterocycles. The number of aliphatic hydroxyl groups is 1. The number of aliphatic hydroxyl groups excluding tert-OH is 1. The first-order chi connectivity index (χ1) is 9.98. The van der Waals surface area contributed by atoms with E-state index in [1.54, 1.807) is 0 Å². The fourth-order valence-corrected chi connectivity index (χ4v) is 2.95. The quantitative estimate of drug-likeness (QED) is 0.339. The van der Waals surface area contributed by atoms with Crippen LogP contribution in [0.3, 0.4) is 0 Å². The van der Waals surface area contributed by atoms with Crippen LogP contribution < -0.4 is 0 Å². The minimum absolute atomic E-state index is 0.136. The topological polar surface area (TPSA) is 74.6 Å². The molecule has 4 nitrogen and oxygen atoms in total. The maximum Gasteiger partial charge on any atom is 0.291 e. The van der Waals surface area contributed by atoms with E-state index in [9.17, 15) is 8.42 Å². The van der Waals surface area contributed by atoms with Gasteiger partial charge in [-0.1, -0.05) is 84.0 Å². The third kappa shape index (κ3) is 14.6. The Balaban J connectivity index is 3.16. The summed E-state index contributed by atoms with van der Waals surface area (Å²) in [4.78, 5) is 0. The highest BCUT2D eigenvalue weighted by atomic mass is 32.2. The fourth-order valence-electron chi connectivity index (χ4n) is 2.49. The molecule has 128 valence electrons. The molecule has 0 aliphatic heterocycles. The maximum atomic E-state index is 10.6. The zero-order valence-electron chi connectivity index (χ0n) is 13.6. The first-order valence-electron chi connectivity index (χ1n) is 8.63. The van der Waals surface area contributed by atoms with Gasteiger partial charge in [0.05, 0.1) is 0 Å². The van der Waals surface area contributed by atoms with Crippen LogP contribution in [0.5, 0.6) is 0 Å². The summed E-state index contributed by atoms with van der Waals surface area (Å²) in [7, 11) is -4.26. The summed E-state index contributed by atoms with van der Waals surface area (Å²) in [5, 5.41) is 9.12. The standard InChI is InChI=1S/C16H34O4S/c1-2-3-4-5-6-7-8-9-10-11-12-13-14-15-16(17)21(18,19)20/h16-17H,2-15H2,1H3,(H,18,19,20). The van der Waals surface area contributed by atoms with Crippen molar-refractivity contribution in [3.05, 3.63) is 0 Å². The average molecular weight is 323 g/mol. The molecular weight excluding hydrogens is 288 g/mol. The Morgan fingerprint density at radius 2 is 1.05 bits per heavy atom. The van der Waals surface area contributed by atoms with Gasteiger partial charge in [0, 0.05) is 0 Å². The molecule has 0 heterocycles. The zero-order valence-corrected chi connectivity index (χ0v) is 14.4. The predicted octanol–water partition coefficient (Wildman–Crippen LogP) is 4.67. The molecule has 0 saturated carbocycles. The van der Waals surface area contributed by atoms with Crippen molar-refractivity contribution in [2.24, 2.45) is 0 Å². The van der Waals surface area contributed by atoms with Crippen LogP contribution in [-0.2, 0) is 10.1 Å². The van der Waals surface area contributed by atoms with Crippen molar-refractivity contribution >= 4 is 10.1 Å². The Labute approximate surface area is 131 Å². The molecule has 21 heavy (non-hydrogen) atoms. The Bertz CT molecular complexity index is 314. The van der Waals surface area contributed by atoms with Crippen LogP contribution in [0.25, 0.3) is 0 Å². The zero-order chi connectivity index (χ0) is 16.0. The molecule has 2 N–H and O–H groups in total. The van der Waals surface area contributed by atoms with Crippen molar-refractivity contribution in [2.45, 2.75) is 102 Å². The van der Waals surface area contributed by atoms with Crippen molar-refractivity contribution in [3.63, 3.8) is 0 Å². The van der Waals surface area contributed by atoms with E-state index in [-0.39, 0.29) is 6.42 Å². The van der Waals surface area contributed by atoms with Gasteiger partial charge in [-0.15, -0.1) is 0 Å². The van der Waals surface area contributed by atoms with Gasteiger partial charge in [0.2, 0.25) is 0 Å². The van der Waals surface area contributed by atoms with E-state index in [0.29, 0.717) is 6.42 Å². The predicted molar refractivity (Wildman–Crippen MR) is 87.9 cm³/mol. The van der Waals surface area contributed by atoms with Crippen LogP contribution in [0.1, 0.15) is 96.8 Å². The lowest BCUT2D eigenvalue weighted by molar-refractivity contribution is 0.219. The Kier molecular flexibility index (Phi) is 13.4. The molecular formula is C16H34O4S. The van der Waals surface area contributed by atoms with Crippen LogP contribution in [0, 0.1) is 0 Å². The van der Waals surface area contributed by atoms with Crippen LogP contribution in [0.15, 0.2) is 0 Å². The molecule has 5 heteroatoms. The minimum Gasteiger partial charge on any atom is -0.375 e. The van der Waals surface area contributed by atoms with Crippen LogP contribution in [-0.4, -0.2) is 23.5 Å². The molecule has 0 aromatic carbocycles. The first-order valence-corrected chi connectivity index (χ1v) is 10.1. The summed E-state index contributed by atoms with van der Waals surface area (Å²) in [5.41, 5.74) is -1.61. The lowest BCUT2D eigenvalue weighted by Crippen LogP contribution is -2.19. The fraction of sp³-hybridized carbons (Fsp3) is 1.00. The van der Waals surface area contributed by atoms with E-state index in [2.05, 4.69) is 6.92 Å². The van der Waals surface area contributed by atoms with Crippen molar-refractivity contribution in [1.82, 2.24) is 0 Å². The molecule has 0 rings (SSSR count). The van der Waals surface area contributed by atoms with Gasteiger partial charge in [0.25, 0.3) is 10.1 Å². The van der Waals surface area contributed by atoms with Crippen LogP contribution in [0.2, 0.25) is 0 Å². The van der Waals surface area contributed by atoms with Gasteiger partial charge in [-0.3, -0.25) is 4.55 Å². The Hall–Kier alpha value is -0.130. The summed E-state index contributed by atoms with van der Waals surface area (Å²) in [6.07, 6.45) is 16.0. The molecule has 1 atom stereocenters. The van der Waals surface area contributed by atoms with E-state index in [1.807, 2.05) is 0 Å². The SMILES string of the molecule is CCCCCCCCCCCCCCCC(O)S(=O)(=O)O. The monoisotopic (exact) mass is 322 g/mol. The van der Waals surface area contributed by atoms with Crippen molar-refractivity contribution < 1.29 is 18.1 Å². The molecule has 0 aromatic heterocycles. The van der Waals surface area contributed by atoms with E-state index >= 15 is 0 Å². The summed E-state index contributed by atoms with van der Waals surface area (Å²) < 4.78 is 29.8. The largest absolute Gasteiger partial charge is 0.375 e. The smallest absolute Gasteiger partial charge is 0.291 e. The van der Waals surface area contributed by atoms with Gasteiger partial charge in [-0.05, 0) is 12.8 Å². The van der Waals surface area contributed by atoms with Gasteiger partial charge in [0.15, 0.2) is 5.44 Å². The molecule has 1 unspecified atom stereocenters. The molecule has 0 aromatic rings.